The molecule has 0 fully saturated rings. The van der Waals surface area contributed by atoms with Crippen molar-refractivity contribution in [1.29, 1.82) is 0 Å². The van der Waals surface area contributed by atoms with Gasteiger partial charge in [-0.15, -0.1) is 0 Å². The maximum atomic E-state index is 11.4. The largest absolute Gasteiger partial charge is 0.464 e. The van der Waals surface area contributed by atoms with Crippen molar-refractivity contribution in [2.45, 2.75) is 33.2 Å². The number of carbonyl (C=O) groups is 3. The molecule has 1 amide bonds. The van der Waals surface area contributed by atoms with Gasteiger partial charge in [0.2, 0.25) is 0 Å². The van der Waals surface area contributed by atoms with Crippen molar-refractivity contribution in [2.24, 2.45) is 0 Å². The molecule has 0 radical (unpaired) electrons. The molecule has 0 rings (SSSR count). The Bertz CT molecular complexity index is 285. The average molecular weight is 231 g/mol. The zero-order valence-electron chi connectivity index (χ0n) is 9.96. The summed E-state index contributed by atoms with van der Waals surface area (Å²) in [5.74, 6) is -1.64. The second-order valence-electron chi connectivity index (χ2n) is 3.67. The van der Waals surface area contributed by atoms with E-state index in [1.54, 1.807) is 6.92 Å². The summed E-state index contributed by atoms with van der Waals surface area (Å²) in [7, 11) is 0. The smallest absolute Gasteiger partial charge is 0.331 e. The Morgan fingerprint density at radius 3 is 2.19 bits per heavy atom. The molecular weight excluding hydrogens is 214 g/mol. The van der Waals surface area contributed by atoms with Gasteiger partial charge in [0.25, 0.3) is 5.91 Å². The lowest BCUT2D eigenvalue weighted by Crippen LogP contribution is -2.51. The Labute approximate surface area is 94.3 Å². The van der Waals surface area contributed by atoms with Gasteiger partial charge in [-0.2, -0.15) is 0 Å². The molecule has 0 aromatic rings. The maximum absolute atomic E-state index is 11.4. The molecular formula is C10H17NO5. The number of rotatable bonds is 5. The van der Waals surface area contributed by atoms with Gasteiger partial charge in [-0.25, -0.2) is 4.79 Å². The molecule has 0 saturated heterocycles. The second kappa shape index (κ2) is 6.09. The van der Waals surface area contributed by atoms with Crippen molar-refractivity contribution in [3.8, 4) is 0 Å². The van der Waals surface area contributed by atoms with Gasteiger partial charge in [-0.3, -0.25) is 9.59 Å². The van der Waals surface area contributed by atoms with Gasteiger partial charge in [0.05, 0.1) is 6.61 Å². The zero-order chi connectivity index (χ0) is 12.8. The number of ether oxygens (including phenoxy) is 2. The highest BCUT2D eigenvalue weighted by Crippen LogP contribution is 2.04. The number of hydrogen-bond donors (Lipinski definition) is 1. The Balaban J connectivity index is 4.19. The van der Waals surface area contributed by atoms with Crippen molar-refractivity contribution < 1.29 is 23.9 Å². The molecule has 0 aromatic heterocycles. The quantitative estimate of drug-likeness (QED) is 0.674. The van der Waals surface area contributed by atoms with Gasteiger partial charge in [0.15, 0.2) is 6.61 Å². The summed E-state index contributed by atoms with van der Waals surface area (Å²) in [6.07, 6.45) is 0. The van der Waals surface area contributed by atoms with Crippen molar-refractivity contribution >= 4 is 17.8 Å². The number of carbonyl (C=O) groups excluding carboxylic acids is 3. The molecule has 0 bridgehead atoms. The number of hydrogen-bond acceptors (Lipinski definition) is 5. The first-order valence-electron chi connectivity index (χ1n) is 4.91. The van der Waals surface area contributed by atoms with E-state index in [-0.39, 0.29) is 6.61 Å². The molecule has 16 heavy (non-hydrogen) atoms. The van der Waals surface area contributed by atoms with Crippen molar-refractivity contribution in [3.05, 3.63) is 0 Å². The van der Waals surface area contributed by atoms with Gasteiger partial charge in [-0.05, 0) is 20.8 Å². The van der Waals surface area contributed by atoms with E-state index in [0.29, 0.717) is 0 Å². The summed E-state index contributed by atoms with van der Waals surface area (Å²) in [6, 6.07) is 0. The lowest BCUT2D eigenvalue weighted by atomic mass is 10.1. The Morgan fingerprint density at radius 1 is 1.19 bits per heavy atom. The maximum Gasteiger partial charge on any atom is 0.331 e. The first-order valence-corrected chi connectivity index (χ1v) is 4.91. The average Bonchev–Trinajstić information content (AvgIpc) is 2.14. The first kappa shape index (κ1) is 14.4. The van der Waals surface area contributed by atoms with Crippen LogP contribution >= 0.6 is 0 Å². The van der Waals surface area contributed by atoms with Crippen molar-refractivity contribution in [3.63, 3.8) is 0 Å². The molecule has 6 nitrogen and oxygen atoms in total. The summed E-state index contributed by atoms with van der Waals surface area (Å²) in [5.41, 5.74) is -1.13. The monoisotopic (exact) mass is 231 g/mol. The van der Waals surface area contributed by atoms with Crippen LogP contribution in [0.3, 0.4) is 0 Å². The van der Waals surface area contributed by atoms with Crippen molar-refractivity contribution in [1.82, 2.24) is 5.32 Å². The normalized spacial score (nSPS) is 10.5. The van der Waals surface area contributed by atoms with Gasteiger partial charge in [0.1, 0.15) is 5.54 Å². The van der Waals surface area contributed by atoms with Crippen LogP contribution in [0.25, 0.3) is 0 Å². The van der Waals surface area contributed by atoms with Crippen LogP contribution in [-0.2, 0) is 23.9 Å². The molecule has 0 atom stereocenters. The number of esters is 2. The second-order valence-corrected chi connectivity index (χ2v) is 3.67. The molecule has 0 aliphatic heterocycles. The molecule has 0 aromatic carbocycles. The van der Waals surface area contributed by atoms with E-state index in [2.05, 4.69) is 10.1 Å². The van der Waals surface area contributed by atoms with Gasteiger partial charge in [-0.1, -0.05) is 0 Å². The topological polar surface area (TPSA) is 81.7 Å². The molecule has 0 unspecified atom stereocenters. The molecule has 0 spiro atoms. The predicted molar refractivity (Wildman–Crippen MR) is 55.5 cm³/mol. The lowest BCUT2D eigenvalue weighted by Gasteiger charge is -2.23. The van der Waals surface area contributed by atoms with Crippen LogP contribution in [0.4, 0.5) is 0 Å². The fraction of sp³-hybridized carbons (Fsp3) is 0.700. The van der Waals surface area contributed by atoms with Crippen molar-refractivity contribution in [2.75, 3.05) is 13.2 Å². The Kier molecular flexibility index (Phi) is 5.49. The fourth-order valence-corrected chi connectivity index (χ4v) is 0.914. The Morgan fingerprint density at radius 2 is 1.75 bits per heavy atom. The summed E-state index contributed by atoms with van der Waals surface area (Å²) >= 11 is 0. The summed E-state index contributed by atoms with van der Waals surface area (Å²) in [6.45, 7) is 5.73. The third-order valence-corrected chi connectivity index (χ3v) is 1.64. The summed E-state index contributed by atoms with van der Waals surface area (Å²) in [5, 5.41) is 2.41. The minimum absolute atomic E-state index is 0.238. The fourth-order valence-electron chi connectivity index (χ4n) is 0.914. The minimum atomic E-state index is -1.13. The number of amides is 1. The van der Waals surface area contributed by atoms with Crippen LogP contribution in [0.5, 0.6) is 0 Å². The third kappa shape index (κ3) is 5.33. The van der Waals surface area contributed by atoms with E-state index in [0.717, 1.165) is 0 Å². The van der Waals surface area contributed by atoms with Gasteiger partial charge < -0.3 is 14.8 Å². The highest BCUT2D eigenvalue weighted by Gasteiger charge is 2.30. The molecule has 0 saturated carbocycles. The van der Waals surface area contributed by atoms with Crippen LogP contribution in [0.15, 0.2) is 0 Å². The standard InChI is InChI=1S/C10H17NO5/c1-5-15-9(14)10(3,4)11-8(13)6-16-7(2)12/h5-6H2,1-4H3,(H,11,13). The van der Waals surface area contributed by atoms with E-state index in [4.69, 9.17) is 4.74 Å². The zero-order valence-corrected chi connectivity index (χ0v) is 9.96. The molecule has 92 valence electrons. The van der Waals surface area contributed by atoms with Gasteiger partial charge >= 0.3 is 11.9 Å². The predicted octanol–water partition coefficient (Wildman–Crippen LogP) is 0.00740. The minimum Gasteiger partial charge on any atom is -0.464 e. The van der Waals surface area contributed by atoms with E-state index >= 15 is 0 Å². The van der Waals surface area contributed by atoms with Crippen LogP contribution in [0, 0.1) is 0 Å². The third-order valence-electron chi connectivity index (χ3n) is 1.64. The lowest BCUT2D eigenvalue weighted by molar-refractivity contribution is -0.153. The molecule has 1 N–H and O–H groups in total. The van der Waals surface area contributed by atoms with Crippen LogP contribution < -0.4 is 5.32 Å². The van der Waals surface area contributed by atoms with E-state index < -0.39 is 30.0 Å². The van der Waals surface area contributed by atoms with Crippen LogP contribution in [-0.4, -0.2) is 36.6 Å². The highest BCUT2D eigenvalue weighted by atomic mass is 16.5. The van der Waals surface area contributed by atoms with E-state index in [1.165, 1.54) is 20.8 Å². The SMILES string of the molecule is CCOC(=O)C(C)(C)NC(=O)COC(C)=O. The van der Waals surface area contributed by atoms with Gasteiger partial charge in [0, 0.05) is 6.92 Å². The first-order chi connectivity index (χ1) is 7.29. The van der Waals surface area contributed by atoms with E-state index in [1.807, 2.05) is 0 Å². The Hall–Kier alpha value is -1.59. The molecule has 6 heteroatoms. The molecule has 0 heterocycles. The number of nitrogens with one attached hydrogen (secondary N) is 1. The van der Waals surface area contributed by atoms with Crippen LogP contribution in [0.2, 0.25) is 0 Å². The van der Waals surface area contributed by atoms with E-state index in [9.17, 15) is 14.4 Å². The summed E-state index contributed by atoms with van der Waals surface area (Å²) in [4.78, 5) is 33.1. The summed E-state index contributed by atoms with van der Waals surface area (Å²) < 4.78 is 9.26. The molecule has 0 aliphatic rings. The highest BCUT2D eigenvalue weighted by molar-refractivity contribution is 5.88. The molecule has 0 aliphatic carbocycles. The van der Waals surface area contributed by atoms with Crippen LogP contribution in [0.1, 0.15) is 27.7 Å².